The van der Waals surface area contributed by atoms with Gasteiger partial charge in [-0.15, -0.1) is 0 Å². The van der Waals surface area contributed by atoms with E-state index in [0.717, 1.165) is 0 Å². The highest BCUT2D eigenvalue weighted by Crippen LogP contribution is 2.25. The number of aromatic hydroxyl groups is 2. The Morgan fingerprint density at radius 3 is 2.35 bits per heavy atom. The zero-order valence-corrected chi connectivity index (χ0v) is 12.3. The molecule has 118 valence electrons. The van der Waals surface area contributed by atoms with Crippen LogP contribution in [0.3, 0.4) is 0 Å². The molecule has 0 aromatic heterocycles. The molecule has 0 aliphatic carbocycles. The van der Waals surface area contributed by atoms with E-state index in [1.165, 1.54) is 31.4 Å². The predicted molar refractivity (Wildman–Crippen MR) is 83.7 cm³/mol. The number of carbonyl (C=O) groups excluding carboxylic acids is 2. The Bertz CT molecular complexity index is 753. The number of phenolic OH excluding ortho intramolecular Hbond substituents is 2. The molecule has 6 heteroatoms. The summed E-state index contributed by atoms with van der Waals surface area (Å²) >= 11 is 0. The van der Waals surface area contributed by atoms with Crippen LogP contribution >= 0.6 is 0 Å². The highest BCUT2D eigenvalue weighted by atomic mass is 16.5. The fourth-order valence-electron chi connectivity index (χ4n) is 1.84. The average molecular weight is 313 g/mol. The number of esters is 1. The first-order chi connectivity index (χ1) is 11.0. The first-order valence-corrected chi connectivity index (χ1v) is 6.69. The molecule has 0 aliphatic heterocycles. The van der Waals surface area contributed by atoms with E-state index >= 15 is 0 Å². The largest absolute Gasteiger partial charge is 0.504 e. The summed E-state index contributed by atoms with van der Waals surface area (Å²) in [4.78, 5) is 24.0. The molecule has 2 aromatic carbocycles. The molecule has 2 rings (SSSR count). The molecule has 6 nitrogen and oxygen atoms in total. The minimum Gasteiger partial charge on any atom is -0.504 e. The summed E-state index contributed by atoms with van der Waals surface area (Å²) in [5.74, 6) is -1.82. The van der Waals surface area contributed by atoms with Gasteiger partial charge in [-0.3, -0.25) is 4.79 Å². The summed E-state index contributed by atoms with van der Waals surface area (Å²) in [5.41, 5.74) is 0.705. The summed E-state index contributed by atoms with van der Waals surface area (Å²) in [6, 6.07) is 12.4. The van der Waals surface area contributed by atoms with Crippen LogP contribution in [-0.2, 0) is 9.53 Å². The van der Waals surface area contributed by atoms with Crippen molar-refractivity contribution in [1.29, 1.82) is 0 Å². The van der Waals surface area contributed by atoms with E-state index < -0.39 is 11.9 Å². The maximum atomic E-state index is 12.1. The lowest BCUT2D eigenvalue weighted by Crippen LogP contribution is -2.28. The van der Waals surface area contributed by atoms with Crippen LogP contribution < -0.4 is 5.32 Å². The molecule has 23 heavy (non-hydrogen) atoms. The van der Waals surface area contributed by atoms with Gasteiger partial charge in [0, 0.05) is 5.56 Å². The Hall–Kier alpha value is -3.28. The van der Waals surface area contributed by atoms with Crippen molar-refractivity contribution in [3.05, 3.63) is 65.4 Å². The van der Waals surface area contributed by atoms with Crippen LogP contribution in [0.25, 0.3) is 6.08 Å². The predicted octanol–water partition coefficient (Wildman–Crippen LogP) is 2.04. The van der Waals surface area contributed by atoms with Gasteiger partial charge in [-0.2, -0.15) is 0 Å². The summed E-state index contributed by atoms with van der Waals surface area (Å²) in [6.45, 7) is 0. The number of carbonyl (C=O) groups is 2. The number of ether oxygens (including phenoxy) is 1. The van der Waals surface area contributed by atoms with E-state index in [0.29, 0.717) is 11.1 Å². The van der Waals surface area contributed by atoms with E-state index in [2.05, 4.69) is 10.1 Å². The topological polar surface area (TPSA) is 95.9 Å². The van der Waals surface area contributed by atoms with Crippen LogP contribution in [0.15, 0.2) is 54.2 Å². The van der Waals surface area contributed by atoms with Gasteiger partial charge in [-0.25, -0.2) is 4.79 Å². The monoisotopic (exact) mass is 313 g/mol. The van der Waals surface area contributed by atoms with Crippen molar-refractivity contribution in [3.8, 4) is 11.5 Å². The highest BCUT2D eigenvalue weighted by Gasteiger charge is 2.15. The third-order valence-corrected chi connectivity index (χ3v) is 3.00. The van der Waals surface area contributed by atoms with Crippen molar-refractivity contribution in [2.24, 2.45) is 0 Å². The van der Waals surface area contributed by atoms with Gasteiger partial charge in [0.1, 0.15) is 5.70 Å². The first kappa shape index (κ1) is 16.1. The van der Waals surface area contributed by atoms with Crippen LogP contribution in [0, 0.1) is 0 Å². The molecule has 2 aromatic rings. The lowest BCUT2D eigenvalue weighted by Gasteiger charge is -2.08. The van der Waals surface area contributed by atoms with Crippen LogP contribution in [0.5, 0.6) is 11.5 Å². The van der Waals surface area contributed by atoms with E-state index in [4.69, 9.17) is 0 Å². The van der Waals surface area contributed by atoms with Crippen molar-refractivity contribution >= 4 is 18.0 Å². The highest BCUT2D eigenvalue weighted by molar-refractivity contribution is 6.03. The quantitative estimate of drug-likeness (QED) is 0.456. The Morgan fingerprint density at radius 2 is 1.74 bits per heavy atom. The molecule has 1 amide bonds. The normalized spacial score (nSPS) is 10.9. The van der Waals surface area contributed by atoms with Crippen molar-refractivity contribution in [1.82, 2.24) is 5.32 Å². The van der Waals surface area contributed by atoms with Crippen LogP contribution in [0.4, 0.5) is 0 Å². The fraction of sp³-hybridized carbons (Fsp3) is 0.0588. The SMILES string of the molecule is COC(=O)/C(=C\c1ccc(O)c(O)c1)NC(=O)c1ccccc1. The maximum Gasteiger partial charge on any atom is 0.354 e. The molecule has 0 atom stereocenters. The van der Waals surface area contributed by atoms with Gasteiger partial charge in [0.2, 0.25) is 0 Å². The number of phenols is 2. The van der Waals surface area contributed by atoms with Crippen LogP contribution in [0.2, 0.25) is 0 Å². The summed E-state index contributed by atoms with van der Waals surface area (Å²) in [7, 11) is 1.19. The molecule has 3 N–H and O–H groups in total. The molecular weight excluding hydrogens is 298 g/mol. The Morgan fingerprint density at radius 1 is 1.04 bits per heavy atom. The van der Waals surface area contributed by atoms with Gasteiger partial charge in [-0.05, 0) is 35.9 Å². The van der Waals surface area contributed by atoms with Gasteiger partial charge < -0.3 is 20.3 Å². The summed E-state index contributed by atoms with van der Waals surface area (Å²) < 4.78 is 4.64. The third kappa shape index (κ3) is 4.10. The van der Waals surface area contributed by atoms with E-state index in [1.54, 1.807) is 30.3 Å². The maximum absolute atomic E-state index is 12.1. The number of rotatable bonds is 4. The molecular formula is C17H15NO5. The second kappa shape index (κ2) is 7.13. The number of hydrogen-bond acceptors (Lipinski definition) is 5. The lowest BCUT2D eigenvalue weighted by molar-refractivity contribution is -0.136. The van der Waals surface area contributed by atoms with Gasteiger partial charge in [0.15, 0.2) is 11.5 Å². The minimum atomic E-state index is -0.734. The van der Waals surface area contributed by atoms with Crippen LogP contribution in [-0.4, -0.2) is 29.2 Å². The Labute approximate surface area is 132 Å². The zero-order chi connectivity index (χ0) is 16.8. The number of benzene rings is 2. The van der Waals surface area contributed by atoms with E-state index in [9.17, 15) is 19.8 Å². The molecule has 0 heterocycles. The molecule has 0 spiro atoms. The van der Waals surface area contributed by atoms with Crippen LogP contribution in [0.1, 0.15) is 15.9 Å². The summed E-state index contributed by atoms with van der Waals surface area (Å²) in [6.07, 6.45) is 1.34. The van der Waals surface area contributed by atoms with E-state index in [-0.39, 0.29) is 17.2 Å². The molecule has 0 saturated carbocycles. The molecule has 0 radical (unpaired) electrons. The second-order valence-electron chi connectivity index (χ2n) is 4.62. The molecule has 0 saturated heterocycles. The summed E-state index contributed by atoms with van der Waals surface area (Å²) in [5, 5.41) is 21.3. The number of methoxy groups -OCH3 is 1. The minimum absolute atomic E-state index is 0.0913. The smallest absolute Gasteiger partial charge is 0.354 e. The van der Waals surface area contributed by atoms with E-state index in [1.807, 2.05) is 0 Å². The number of hydrogen-bond donors (Lipinski definition) is 3. The lowest BCUT2D eigenvalue weighted by atomic mass is 10.1. The standard InChI is InChI=1S/C17H15NO5/c1-23-17(22)13(9-11-7-8-14(19)15(20)10-11)18-16(21)12-5-3-2-4-6-12/h2-10,19-20H,1H3,(H,18,21)/b13-9+. The molecule has 0 unspecified atom stereocenters. The Kier molecular flexibility index (Phi) is 4.99. The van der Waals surface area contributed by atoms with Gasteiger partial charge in [0.05, 0.1) is 7.11 Å². The number of nitrogens with one attached hydrogen (secondary N) is 1. The van der Waals surface area contributed by atoms with Crippen molar-refractivity contribution < 1.29 is 24.5 Å². The average Bonchev–Trinajstić information content (AvgIpc) is 2.57. The molecule has 0 fully saturated rings. The van der Waals surface area contributed by atoms with Crippen molar-refractivity contribution in [2.75, 3.05) is 7.11 Å². The van der Waals surface area contributed by atoms with Gasteiger partial charge >= 0.3 is 5.97 Å². The van der Waals surface area contributed by atoms with Crippen molar-refractivity contribution in [2.45, 2.75) is 0 Å². The zero-order valence-electron chi connectivity index (χ0n) is 12.3. The first-order valence-electron chi connectivity index (χ1n) is 6.69. The second-order valence-corrected chi connectivity index (χ2v) is 4.62. The number of amides is 1. The molecule has 0 bridgehead atoms. The van der Waals surface area contributed by atoms with Gasteiger partial charge in [0.25, 0.3) is 5.91 Å². The Balaban J connectivity index is 2.30. The third-order valence-electron chi connectivity index (χ3n) is 3.00. The molecule has 0 aliphatic rings. The van der Waals surface area contributed by atoms with Gasteiger partial charge in [-0.1, -0.05) is 24.3 Å². The fourth-order valence-corrected chi connectivity index (χ4v) is 1.84. The van der Waals surface area contributed by atoms with Crippen molar-refractivity contribution in [3.63, 3.8) is 0 Å².